The van der Waals surface area contributed by atoms with Crippen LogP contribution in [0.15, 0.2) is 27.4 Å². The van der Waals surface area contributed by atoms with Crippen LogP contribution < -0.4 is 5.63 Å². The van der Waals surface area contributed by atoms with Crippen LogP contribution in [0.5, 0.6) is 0 Å². The monoisotopic (exact) mass is 311 g/mol. The summed E-state index contributed by atoms with van der Waals surface area (Å²) in [5, 5.41) is 1.14. The summed E-state index contributed by atoms with van der Waals surface area (Å²) < 4.78 is 5.50. The fraction of sp³-hybridized carbons (Fsp3) is 0.550. The molecule has 0 N–H and O–H groups in total. The van der Waals surface area contributed by atoms with Gasteiger partial charge in [0.15, 0.2) is 0 Å². The third kappa shape index (κ3) is 2.83. The van der Waals surface area contributed by atoms with Crippen LogP contribution in [-0.4, -0.2) is 17.5 Å². The van der Waals surface area contributed by atoms with Crippen molar-refractivity contribution in [3.8, 4) is 0 Å². The molecule has 1 fully saturated rings. The zero-order chi connectivity index (χ0) is 15.8. The summed E-state index contributed by atoms with van der Waals surface area (Å²) in [5.41, 5.74) is 4.51. The van der Waals surface area contributed by atoms with E-state index in [4.69, 9.17) is 4.42 Å². The highest BCUT2D eigenvalue weighted by Crippen LogP contribution is 2.30. The molecule has 1 aliphatic carbocycles. The molecule has 2 aromatic rings. The van der Waals surface area contributed by atoms with Gasteiger partial charge in [-0.15, -0.1) is 0 Å². The first-order valence-corrected chi connectivity index (χ1v) is 9.07. The molecule has 122 valence electrons. The largest absolute Gasteiger partial charge is 0.423 e. The maximum absolute atomic E-state index is 12.0. The third-order valence-electron chi connectivity index (χ3n) is 5.64. The molecule has 0 bridgehead atoms. The molecule has 23 heavy (non-hydrogen) atoms. The molecule has 1 unspecified atom stereocenters. The number of piperidine rings is 1. The van der Waals surface area contributed by atoms with E-state index in [1.54, 1.807) is 6.07 Å². The summed E-state index contributed by atoms with van der Waals surface area (Å²) in [5.74, 6) is 0. The first kappa shape index (κ1) is 14.9. The topological polar surface area (TPSA) is 33.5 Å². The van der Waals surface area contributed by atoms with Crippen molar-refractivity contribution in [2.24, 2.45) is 0 Å². The van der Waals surface area contributed by atoms with Gasteiger partial charge in [0.05, 0.1) is 0 Å². The smallest absolute Gasteiger partial charge is 0.336 e. The lowest BCUT2D eigenvalue weighted by molar-refractivity contribution is 0.136. The maximum atomic E-state index is 12.0. The van der Waals surface area contributed by atoms with Crippen LogP contribution in [0, 0.1) is 0 Å². The molecule has 1 atom stereocenters. The number of rotatable bonds is 3. The Morgan fingerprint density at radius 2 is 1.96 bits per heavy atom. The van der Waals surface area contributed by atoms with Gasteiger partial charge in [0.2, 0.25) is 0 Å². The minimum atomic E-state index is -0.212. The van der Waals surface area contributed by atoms with Crippen LogP contribution in [0.25, 0.3) is 11.0 Å². The maximum Gasteiger partial charge on any atom is 0.336 e. The van der Waals surface area contributed by atoms with E-state index in [1.165, 1.54) is 43.2 Å². The van der Waals surface area contributed by atoms with E-state index in [-0.39, 0.29) is 5.63 Å². The standard InChI is InChI=1S/C20H25NO2/c1-2-17-8-3-4-9-21(17)13-16-12-20(22)23-19-11-15-7-5-6-14(15)10-18(16)19/h10-12,17H,2-9,13H2,1H3. The number of hydrogen-bond donors (Lipinski definition) is 0. The van der Waals surface area contributed by atoms with Gasteiger partial charge >= 0.3 is 5.63 Å². The molecule has 4 rings (SSSR count). The fourth-order valence-electron chi connectivity index (χ4n) is 4.37. The van der Waals surface area contributed by atoms with Gasteiger partial charge in [-0.3, -0.25) is 4.90 Å². The normalized spacial score (nSPS) is 21.7. The first-order valence-electron chi connectivity index (χ1n) is 9.07. The lowest BCUT2D eigenvalue weighted by Gasteiger charge is -2.35. The lowest BCUT2D eigenvalue weighted by atomic mass is 9.98. The summed E-state index contributed by atoms with van der Waals surface area (Å²) in [6.45, 7) is 4.29. The highest BCUT2D eigenvalue weighted by atomic mass is 16.4. The van der Waals surface area contributed by atoms with E-state index >= 15 is 0 Å². The zero-order valence-electron chi connectivity index (χ0n) is 13.9. The quantitative estimate of drug-likeness (QED) is 0.802. The second-order valence-electron chi connectivity index (χ2n) is 7.09. The number of fused-ring (bicyclic) bond motifs is 2. The molecule has 2 aliphatic rings. The minimum absolute atomic E-state index is 0.212. The van der Waals surface area contributed by atoms with Crippen molar-refractivity contribution in [1.29, 1.82) is 0 Å². The summed E-state index contributed by atoms with van der Waals surface area (Å²) in [4.78, 5) is 14.6. The number of benzene rings is 1. The summed E-state index contributed by atoms with van der Waals surface area (Å²) in [7, 11) is 0. The Labute approximate surface area is 137 Å². The van der Waals surface area contributed by atoms with Crippen LogP contribution in [0.1, 0.15) is 55.7 Å². The molecule has 0 radical (unpaired) electrons. The Bertz CT molecular complexity index is 777. The molecule has 2 heterocycles. The number of nitrogens with zero attached hydrogens (tertiary/aromatic N) is 1. The van der Waals surface area contributed by atoms with Crippen molar-refractivity contribution < 1.29 is 4.42 Å². The van der Waals surface area contributed by atoms with E-state index in [9.17, 15) is 4.79 Å². The molecular formula is C20H25NO2. The van der Waals surface area contributed by atoms with E-state index < -0.39 is 0 Å². The van der Waals surface area contributed by atoms with Crippen molar-refractivity contribution in [1.82, 2.24) is 4.90 Å². The third-order valence-corrected chi connectivity index (χ3v) is 5.64. The molecular weight excluding hydrogens is 286 g/mol. The number of likely N-dealkylation sites (tertiary alicyclic amines) is 1. The van der Waals surface area contributed by atoms with Crippen molar-refractivity contribution in [2.75, 3.05) is 6.54 Å². The highest BCUT2D eigenvalue weighted by Gasteiger charge is 2.22. The second kappa shape index (κ2) is 6.12. The van der Waals surface area contributed by atoms with Gasteiger partial charge in [0.1, 0.15) is 5.58 Å². The molecule has 1 aromatic heterocycles. The Morgan fingerprint density at radius 3 is 2.78 bits per heavy atom. The fourth-order valence-corrected chi connectivity index (χ4v) is 4.37. The van der Waals surface area contributed by atoms with Crippen LogP contribution in [0.2, 0.25) is 0 Å². The van der Waals surface area contributed by atoms with Gasteiger partial charge < -0.3 is 4.42 Å². The zero-order valence-corrected chi connectivity index (χ0v) is 13.9. The molecule has 0 amide bonds. The second-order valence-corrected chi connectivity index (χ2v) is 7.09. The Morgan fingerprint density at radius 1 is 1.13 bits per heavy atom. The Balaban J connectivity index is 1.75. The van der Waals surface area contributed by atoms with Crippen molar-refractivity contribution >= 4 is 11.0 Å². The molecule has 0 saturated carbocycles. The first-order chi connectivity index (χ1) is 11.2. The predicted molar refractivity (Wildman–Crippen MR) is 92.8 cm³/mol. The Kier molecular flexibility index (Phi) is 3.98. The Hall–Kier alpha value is -1.61. The molecule has 3 heteroatoms. The lowest BCUT2D eigenvalue weighted by Crippen LogP contribution is -2.38. The average molecular weight is 311 g/mol. The number of hydrogen-bond acceptors (Lipinski definition) is 3. The van der Waals surface area contributed by atoms with Crippen LogP contribution in [0.4, 0.5) is 0 Å². The molecule has 1 aromatic carbocycles. The van der Waals surface area contributed by atoms with Crippen molar-refractivity contribution in [3.63, 3.8) is 0 Å². The van der Waals surface area contributed by atoms with Crippen molar-refractivity contribution in [2.45, 2.75) is 64.5 Å². The van der Waals surface area contributed by atoms with Gasteiger partial charge in [0.25, 0.3) is 0 Å². The summed E-state index contributed by atoms with van der Waals surface area (Å²) in [6, 6.07) is 6.75. The summed E-state index contributed by atoms with van der Waals surface area (Å²) >= 11 is 0. The average Bonchev–Trinajstić information content (AvgIpc) is 3.00. The minimum Gasteiger partial charge on any atom is -0.423 e. The van der Waals surface area contributed by atoms with Gasteiger partial charge in [-0.2, -0.15) is 0 Å². The van der Waals surface area contributed by atoms with E-state index in [1.807, 2.05) is 0 Å². The van der Waals surface area contributed by atoms with E-state index in [2.05, 4.69) is 24.0 Å². The van der Waals surface area contributed by atoms with Crippen LogP contribution >= 0.6 is 0 Å². The molecule has 1 saturated heterocycles. The molecule has 0 spiro atoms. The van der Waals surface area contributed by atoms with E-state index in [0.717, 1.165) is 42.5 Å². The van der Waals surface area contributed by atoms with Crippen molar-refractivity contribution in [3.05, 3.63) is 45.3 Å². The SMILES string of the molecule is CCC1CCCCN1Cc1cc(=O)oc2cc3c(cc12)CCC3. The summed E-state index contributed by atoms with van der Waals surface area (Å²) in [6.07, 6.45) is 8.56. The predicted octanol–water partition coefficient (Wildman–Crippen LogP) is 4.05. The highest BCUT2D eigenvalue weighted by molar-refractivity contribution is 5.82. The van der Waals surface area contributed by atoms with Crippen LogP contribution in [-0.2, 0) is 19.4 Å². The van der Waals surface area contributed by atoms with E-state index in [0.29, 0.717) is 6.04 Å². The van der Waals surface area contributed by atoms with Crippen LogP contribution in [0.3, 0.4) is 0 Å². The molecule has 3 nitrogen and oxygen atoms in total. The van der Waals surface area contributed by atoms with Gasteiger partial charge in [-0.25, -0.2) is 4.79 Å². The number of aryl methyl sites for hydroxylation is 2. The van der Waals surface area contributed by atoms with Gasteiger partial charge in [-0.1, -0.05) is 13.3 Å². The van der Waals surface area contributed by atoms with Gasteiger partial charge in [-0.05, 0) is 73.9 Å². The molecule has 1 aliphatic heterocycles. The van der Waals surface area contributed by atoms with Gasteiger partial charge in [0, 0.05) is 24.0 Å².